The van der Waals surface area contributed by atoms with E-state index >= 15 is 0 Å². The van der Waals surface area contributed by atoms with E-state index in [-0.39, 0.29) is 62.8 Å². The number of ketones is 2. The summed E-state index contributed by atoms with van der Waals surface area (Å²) < 4.78 is 35.1. The van der Waals surface area contributed by atoms with Crippen molar-refractivity contribution in [1.82, 2.24) is 14.8 Å². The van der Waals surface area contributed by atoms with Gasteiger partial charge in [-0.05, 0) is 184 Å². The van der Waals surface area contributed by atoms with Gasteiger partial charge in [-0.25, -0.2) is 5.26 Å². The first-order chi connectivity index (χ1) is 46.5. The van der Waals surface area contributed by atoms with Crippen LogP contribution >= 0.6 is 0 Å². The summed E-state index contributed by atoms with van der Waals surface area (Å²) in [5.74, 6) is 74.2. The third kappa shape index (κ3) is 24.5. The number of hydrogen-bond donors (Lipinski definition) is 4. The van der Waals surface area contributed by atoms with E-state index in [4.69, 9.17) is 27.4 Å². The van der Waals surface area contributed by atoms with Gasteiger partial charge in [0.05, 0.1) is 41.8 Å². The SMILES string of the molecule is C#CC#CC#CC#CC#CC#CC#CC#CC#CC#CC#CC#CC#CC#CC#CC#CC#C.CN1C[C@H](C(=O)C[C@]2(C)O[C@]3(O)C(C2=O)[C@@H](Cc2ccccc2)C(=O)N2CCC[C@H]23)C[C@@H]2c3cccc4[nH]cc(c34)C[C@H]21.CS(=O)(=O)O.OOOOOOOO/N=N/N=N/N=S.[HH].[HH].[HH].[HH].[HH].[HH].[HH].[HH].[HH].[HH].[HH].[HH].[HH].[HH].[HH].[HH].[HH].[HH].[HH]. The fourth-order valence-electron chi connectivity index (χ4n) is 10.5. The zero-order valence-electron chi connectivity index (χ0n) is 50.6. The van der Waals surface area contributed by atoms with Gasteiger partial charge in [0.25, 0.3) is 10.1 Å². The second-order valence-electron chi connectivity index (χ2n) is 19.6. The number of Topliss-reactive ketones (excluding diaryl/α,β-unsaturated/α-hetero) is 2. The fourth-order valence-corrected chi connectivity index (χ4v) is 10.5. The van der Waals surface area contributed by atoms with Crippen LogP contribution in [0.25, 0.3) is 10.9 Å². The van der Waals surface area contributed by atoms with Gasteiger partial charge in [0.15, 0.2) is 11.6 Å². The van der Waals surface area contributed by atoms with E-state index in [1.807, 2.05) is 30.3 Å². The van der Waals surface area contributed by atoms with E-state index in [0.717, 1.165) is 30.3 Å². The van der Waals surface area contributed by atoms with Crippen LogP contribution in [0.5, 0.6) is 0 Å². The molecule has 4 aliphatic heterocycles. The topological polar surface area (TPSA) is 304 Å². The van der Waals surface area contributed by atoms with Crippen molar-refractivity contribution in [2.45, 2.75) is 74.8 Å². The molecule has 24 nitrogen and oxygen atoms in total. The first-order valence-corrected chi connectivity index (χ1v) is 29.6. The summed E-state index contributed by atoms with van der Waals surface area (Å²) in [4.78, 5) is 53.4. The highest BCUT2D eigenvalue weighted by Crippen LogP contribution is 2.53. The molecule has 5 heterocycles. The second-order valence-corrected chi connectivity index (χ2v) is 21.2. The number of ether oxygens (including phenoxy) is 1. The Morgan fingerprint density at radius 1 is 0.740 bits per heavy atom. The number of fused-ring (bicyclic) bond motifs is 5. The molecule has 96 heavy (non-hydrogen) atoms. The lowest BCUT2D eigenvalue weighted by atomic mass is 9.69. The van der Waals surface area contributed by atoms with Crippen molar-refractivity contribution >= 4 is 50.9 Å². The van der Waals surface area contributed by atoms with Crippen LogP contribution in [0.4, 0.5) is 0 Å². The molecule has 1 aliphatic carbocycles. The number of amides is 1. The lowest BCUT2D eigenvalue weighted by molar-refractivity contribution is -0.812. The molecule has 0 bridgehead atoms. The molecular formula is C70H84N8O16S2. The third-order valence-electron chi connectivity index (χ3n) is 13.7. The standard InChI is InChI=1S/C35H39N3O5.C34H2.CH4O3S.HN5O8S.19H2/c1-34(17-28(39)22-15-24-23-10-6-11-26-30(23)21(18-36-26)16-27(24)37(2)19-22)32(40)31-25(14-20-8-4-3-5-9-20)33(41)38-13-7-12-29(38)35(31,42)43-34;1-3-5-7-9-11-13-15-17-19-21-23-25-27-29-31-33-34-32-30-28-26-24-22-20-18-16-14-12-10-8-6-4-2;1-5(2,3)4;6-8-10-12-13-11-9-7-4-2-1-3-5-14;;;;;;;;;;;;;;;;;;;/h3-6,8-11,18,22,24-25,27,29,31,36,42H,7,12-17,19H2,1-2H3;1-2H;1H3,(H,2,3,4);6H;19*1H/b;;;3-1+,4-2+;;;;;;;;;;;;;;;;;;;/t22-,24-,25-,27-,29+,31?,34+,35+;;;;;;;;;;;;;;;;;;;;;;/m1....................../s1. The smallest absolute Gasteiger partial charge is 0.261 e. The van der Waals surface area contributed by atoms with E-state index in [1.165, 1.54) is 16.5 Å². The normalized spacial score (nSPS) is 20.1. The number of rotatable bonds is 14. The van der Waals surface area contributed by atoms with Crippen molar-refractivity contribution in [2.75, 3.05) is 26.4 Å². The maximum atomic E-state index is 14.3. The van der Waals surface area contributed by atoms with E-state index in [1.54, 1.807) is 11.8 Å². The molecule has 26 heteroatoms. The van der Waals surface area contributed by atoms with Crippen molar-refractivity contribution in [3.05, 3.63) is 71.4 Å². The average molecular weight is 1360 g/mol. The molecule has 0 spiro atoms. The molecule has 8 rings (SSSR count). The molecule has 4 saturated heterocycles. The maximum absolute atomic E-state index is 14.3. The number of aromatic nitrogens is 1. The van der Waals surface area contributed by atoms with Gasteiger partial charge < -0.3 is 24.6 Å². The number of benzene rings is 2. The molecule has 2 aromatic carbocycles. The number of piperidine rings is 2. The molecule has 3 aromatic rings. The highest BCUT2D eigenvalue weighted by molar-refractivity contribution is 7.85. The minimum atomic E-state index is -3.67. The number of carbonyl (C=O) groups excluding carboxylic acids is 3. The Balaban J connectivity index is -0.0000000975. The van der Waals surface area contributed by atoms with Gasteiger partial charge in [-0.3, -0.25) is 18.9 Å². The summed E-state index contributed by atoms with van der Waals surface area (Å²) in [5, 5.41) is 52.2. The van der Waals surface area contributed by atoms with E-state index in [0.29, 0.717) is 38.2 Å². The van der Waals surface area contributed by atoms with Gasteiger partial charge in [0.2, 0.25) is 5.91 Å². The summed E-state index contributed by atoms with van der Waals surface area (Å²) in [6, 6.07) is 15.8. The largest absolute Gasteiger partial charge is 0.363 e. The molecule has 0 radical (unpaired) electrons. The number of aromatic amines is 1. The van der Waals surface area contributed by atoms with Crippen LogP contribution in [0.2, 0.25) is 0 Å². The van der Waals surface area contributed by atoms with E-state index in [2.05, 4.69) is 304 Å². The number of likely N-dealkylation sites (N-methyl/N-ethyl adjacent to an activating group) is 1. The molecule has 8 atom stereocenters. The summed E-state index contributed by atoms with van der Waals surface area (Å²) in [5.41, 5.74) is 3.21. The maximum Gasteiger partial charge on any atom is 0.261 e. The molecule has 1 amide bonds. The third-order valence-corrected chi connectivity index (χ3v) is 13.8. The summed E-state index contributed by atoms with van der Waals surface area (Å²) in [7, 11) is -1.57. The zero-order chi connectivity index (χ0) is 69.3. The summed E-state index contributed by atoms with van der Waals surface area (Å²) in [6.07, 6.45) is 15.9. The van der Waals surface area contributed by atoms with Crippen LogP contribution in [0.15, 0.2) is 80.1 Å². The van der Waals surface area contributed by atoms with Crippen molar-refractivity contribution in [1.29, 1.82) is 0 Å². The first-order valence-electron chi connectivity index (χ1n) is 27.4. The number of carbonyl (C=O) groups is 3. The highest BCUT2D eigenvalue weighted by Gasteiger charge is 2.71. The number of nitrogens with one attached hydrogen (secondary N) is 1. The first kappa shape index (κ1) is 74.6. The van der Waals surface area contributed by atoms with E-state index < -0.39 is 39.4 Å². The Hall–Kier alpha value is -12.2. The second kappa shape index (κ2) is 40.6. The highest BCUT2D eigenvalue weighted by atomic mass is 32.2. The predicted octanol–water partition coefficient (Wildman–Crippen LogP) is 8.54. The molecule has 512 valence electrons. The molecule has 4 N–H and O–H groups in total. The van der Waals surface area contributed by atoms with Crippen LogP contribution in [-0.4, -0.2) is 105 Å². The quantitative estimate of drug-likeness (QED) is 0.0293. The molecule has 0 saturated carbocycles. The molecular weight excluding hydrogens is 1270 g/mol. The van der Waals surface area contributed by atoms with Gasteiger partial charge in [-0.2, -0.15) is 13.4 Å². The number of aliphatic hydroxyl groups is 1. The monoisotopic (exact) mass is 1360 g/mol. The average Bonchev–Trinajstić information content (AvgIpc) is 1.54. The Labute approximate surface area is 587 Å². The van der Waals surface area contributed by atoms with Gasteiger partial charge in [0.1, 0.15) is 11.4 Å². The summed E-state index contributed by atoms with van der Waals surface area (Å²) in [6.45, 7) is 2.83. The Bertz CT molecular complexity index is 4680. The van der Waals surface area contributed by atoms with Crippen molar-refractivity contribution in [3.8, 4) is 202 Å². The lowest BCUT2D eigenvalue weighted by Gasteiger charge is -2.47. The van der Waals surface area contributed by atoms with E-state index in [9.17, 15) is 27.9 Å². The molecule has 4 fully saturated rings. The Kier molecular flexibility index (Phi) is 31.6. The fraction of sp³-hybridized carbons (Fsp3) is 0.271. The minimum absolute atomic E-state index is 0. The predicted molar refractivity (Wildman–Crippen MR) is 382 cm³/mol. The van der Waals surface area contributed by atoms with Crippen molar-refractivity contribution in [3.63, 3.8) is 0 Å². The van der Waals surface area contributed by atoms with Crippen molar-refractivity contribution in [2.24, 2.45) is 43.2 Å². The van der Waals surface area contributed by atoms with Crippen LogP contribution in [-0.2, 0) is 89.7 Å². The van der Waals surface area contributed by atoms with Crippen molar-refractivity contribution < 1.29 is 105 Å². The number of nitrogens with zero attached hydrogens (tertiary/aromatic N) is 7. The number of H-pyrrole nitrogens is 1. The minimum Gasteiger partial charge on any atom is -0.363 e. The Morgan fingerprint density at radius 2 is 1.24 bits per heavy atom. The molecule has 5 aliphatic rings. The van der Waals surface area contributed by atoms with Gasteiger partial charge in [-0.1, -0.05) is 46.9 Å². The lowest BCUT2D eigenvalue weighted by Crippen LogP contribution is -2.64. The van der Waals surface area contributed by atoms with Gasteiger partial charge in [0, 0.05) is 202 Å². The number of terminal acetylenes is 2. The summed E-state index contributed by atoms with van der Waals surface area (Å²) >= 11 is 4.00. The molecule has 1 unspecified atom stereocenters. The van der Waals surface area contributed by atoms with Gasteiger partial charge in [-0.15, -0.1) is 12.8 Å². The van der Waals surface area contributed by atoms with Crippen LogP contribution in [0.3, 0.4) is 0 Å². The number of likely N-dealkylation sites (tertiary alicyclic amines) is 1. The van der Waals surface area contributed by atoms with Crippen LogP contribution in [0.1, 0.15) is 82.3 Å². The van der Waals surface area contributed by atoms with Crippen LogP contribution in [0, 0.1) is 220 Å². The van der Waals surface area contributed by atoms with Crippen LogP contribution < -0.4 is 0 Å². The van der Waals surface area contributed by atoms with Gasteiger partial charge >= 0.3 is 0 Å². The molecule has 1 aromatic heterocycles. The number of hydrogen-bond acceptors (Lipinski definition) is 18. The Morgan fingerprint density at radius 3 is 1.74 bits per heavy atom. The zero-order valence-corrected chi connectivity index (χ0v) is 52.2.